The van der Waals surface area contributed by atoms with Crippen LogP contribution in [0, 0.1) is 5.82 Å². The molecule has 2 rings (SSSR count). The number of Topliss-reactive ketones (excluding diaryl/α,β-unsaturated/α-hetero) is 1. The summed E-state index contributed by atoms with van der Waals surface area (Å²) in [6.45, 7) is 0. The number of fused-ring (bicyclic) bond motifs is 1. The zero-order valence-electron chi connectivity index (χ0n) is 8.35. The average molecular weight is 242 g/mol. The van der Waals surface area contributed by atoms with Crippen LogP contribution >= 0.6 is 11.6 Å². The molecule has 0 atom stereocenters. The summed E-state index contributed by atoms with van der Waals surface area (Å²) >= 11 is 5.37. The van der Waals surface area contributed by atoms with Crippen molar-refractivity contribution in [3.8, 4) is 0 Å². The molecule has 5 heteroatoms. The Morgan fingerprint density at radius 3 is 2.88 bits per heavy atom. The van der Waals surface area contributed by atoms with Crippen molar-refractivity contribution in [3.63, 3.8) is 0 Å². The molecule has 1 aromatic rings. The van der Waals surface area contributed by atoms with Gasteiger partial charge in [-0.15, -0.1) is 11.6 Å². The molecule has 0 fully saturated rings. The summed E-state index contributed by atoms with van der Waals surface area (Å²) in [5.74, 6) is -1.68. The van der Waals surface area contributed by atoms with Crippen LogP contribution in [0.2, 0.25) is 0 Å². The van der Waals surface area contributed by atoms with Crippen LogP contribution in [0.15, 0.2) is 12.1 Å². The fourth-order valence-corrected chi connectivity index (χ4v) is 1.84. The number of aryl methyl sites for hydroxylation is 1. The number of carbonyl (C=O) groups is 2. The standard InChI is InChI=1S/C11H9ClFNO2/c12-5-8(15)7-3-1-6-2-4-9(16)14-11(6)10(7)13/h1,3H,2,4-5H2,(H,14,16). The summed E-state index contributed by atoms with van der Waals surface area (Å²) in [7, 11) is 0. The molecule has 1 aromatic carbocycles. The normalized spacial score (nSPS) is 14.2. The number of carbonyl (C=O) groups excluding carboxylic acids is 2. The number of amides is 1. The molecule has 1 aliphatic heterocycles. The quantitative estimate of drug-likeness (QED) is 0.637. The van der Waals surface area contributed by atoms with E-state index in [9.17, 15) is 14.0 Å². The van der Waals surface area contributed by atoms with Crippen molar-refractivity contribution < 1.29 is 14.0 Å². The van der Waals surface area contributed by atoms with Crippen LogP contribution in [-0.2, 0) is 11.2 Å². The molecule has 16 heavy (non-hydrogen) atoms. The Balaban J connectivity index is 2.50. The maximum atomic E-state index is 13.9. The van der Waals surface area contributed by atoms with Gasteiger partial charge in [0.05, 0.1) is 17.1 Å². The predicted octanol–water partition coefficient (Wildman–Crippen LogP) is 2.13. The van der Waals surface area contributed by atoms with Crippen molar-refractivity contribution in [1.29, 1.82) is 0 Å². The molecule has 1 aliphatic rings. The van der Waals surface area contributed by atoms with Crippen molar-refractivity contribution in [2.24, 2.45) is 0 Å². The minimum atomic E-state index is -0.684. The molecular weight excluding hydrogens is 233 g/mol. The van der Waals surface area contributed by atoms with Crippen molar-refractivity contribution >= 4 is 29.0 Å². The van der Waals surface area contributed by atoms with E-state index in [4.69, 9.17) is 11.6 Å². The first-order valence-corrected chi connectivity index (χ1v) is 5.37. The first-order chi connectivity index (χ1) is 7.63. The molecule has 1 N–H and O–H groups in total. The van der Waals surface area contributed by atoms with E-state index in [1.54, 1.807) is 6.07 Å². The summed E-state index contributed by atoms with van der Waals surface area (Å²) < 4.78 is 13.9. The Labute approximate surface area is 96.6 Å². The number of benzene rings is 1. The highest BCUT2D eigenvalue weighted by molar-refractivity contribution is 6.30. The lowest BCUT2D eigenvalue weighted by molar-refractivity contribution is -0.116. The van der Waals surface area contributed by atoms with Gasteiger partial charge < -0.3 is 5.32 Å². The lowest BCUT2D eigenvalue weighted by atomic mass is 9.99. The lowest BCUT2D eigenvalue weighted by Crippen LogP contribution is -2.21. The fourth-order valence-electron chi connectivity index (χ4n) is 1.70. The van der Waals surface area contributed by atoms with Crippen LogP contribution in [0.3, 0.4) is 0 Å². The smallest absolute Gasteiger partial charge is 0.224 e. The van der Waals surface area contributed by atoms with Crippen molar-refractivity contribution in [2.75, 3.05) is 11.2 Å². The molecule has 0 saturated heterocycles. The monoisotopic (exact) mass is 241 g/mol. The Morgan fingerprint density at radius 1 is 1.44 bits per heavy atom. The summed E-state index contributed by atoms with van der Waals surface area (Å²) in [5, 5.41) is 2.44. The minimum Gasteiger partial charge on any atom is -0.323 e. The fraction of sp³-hybridized carbons (Fsp3) is 0.273. The number of nitrogens with one attached hydrogen (secondary N) is 1. The number of hydrogen-bond acceptors (Lipinski definition) is 2. The molecule has 0 spiro atoms. The molecule has 1 amide bonds. The molecular formula is C11H9ClFNO2. The van der Waals surface area contributed by atoms with Crippen LogP contribution in [-0.4, -0.2) is 17.6 Å². The topological polar surface area (TPSA) is 46.2 Å². The van der Waals surface area contributed by atoms with Crippen LogP contribution < -0.4 is 5.32 Å². The van der Waals surface area contributed by atoms with Crippen LogP contribution in [0.25, 0.3) is 0 Å². The third-order valence-electron chi connectivity index (χ3n) is 2.54. The van der Waals surface area contributed by atoms with E-state index in [1.807, 2.05) is 0 Å². The lowest BCUT2D eigenvalue weighted by Gasteiger charge is -2.18. The third kappa shape index (κ3) is 1.80. The van der Waals surface area contributed by atoms with Gasteiger partial charge in [-0.1, -0.05) is 6.07 Å². The maximum Gasteiger partial charge on any atom is 0.224 e. The summed E-state index contributed by atoms with van der Waals surface area (Å²) in [6.07, 6.45) is 0.836. The number of alkyl halides is 1. The zero-order valence-corrected chi connectivity index (χ0v) is 9.10. The van der Waals surface area contributed by atoms with Gasteiger partial charge in [0, 0.05) is 6.42 Å². The minimum absolute atomic E-state index is 0.0732. The number of ketones is 1. The molecule has 0 bridgehead atoms. The molecule has 3 nitrogen and oxygen atoms in total. The van der Waals surface area contributed by atoms with Gasteiger partial charge in [0.1, 0.15) is 0 Å². The second-order valence-corrected chi connectivity index (χ2v) is 3.83. The SMILES string of the molecule is O=C1CCc2ccc(C(=O)CCl)c(F)c2N1. The van der Waals surface area contributed by atoms with Crippen LogP contribution in [0.4, 0.5) is 10.1 Å². The van der Waals surface area contributed by atoms with E-state index in [-0.39, 0.29) is 23.0 Å². The van der Waals surface area contributed by atoms with Crippen molar-refractivity contribution in [2.45, 2.75) is 12.8 Å². The Morgan fingerprint density at radius 2 is 2.19 bits per heavy atom. The van der Waals surface area contributed by atoms with Gasteiger partial charge in [-0.3, -0.25) is 9.59 Å². The molecule has 0 unspecified atom stereocenters. The van der Waals surface area contributed by atoms with Gasteiger partial charge in [0.2, 0.25) is 5.91 Å². The van der Waals surface area contributed by atoms with E-state index in [0.29, 0.717) is 18.4 Å². The number of rotatable bonds is 2. The molecule has 0 saturated carbocycles. The molecule has 0 radical (unpaired) electrons. The maximum absolute atomic E-state index is 13.9. The van der Waals surface area contributed by atoms with Gasteiger partial charge in [-0.2, -0.15) is 0 Å². The number of anilines is 1. The largest absolute Gasteiger partial charge is 0.323 e. The second kappa shape index (κ2) is 4.22. The van der Waals surface area contributed by atoms with Crippen molar-refractivity contribution in [3.05, 3.63) is 29.1 Å². The molecule has 0 aliphatic carbocycles. The molecule has 84 valence electrons. The Kier molecular flexibility index (Phi) is 2.92. The van der Waals surface area contributed by atoms with E-state index in [2.05, 4.69) is 5.32 Å². The summed E-state index contributed by atoms with van der Waals surface area (Å²) in [6, 6.07) is 3.06. The molecule has 1 heterocycles. The highest BCUT2D eigenvalue weighted by atomic mass is 35.5. The molecule has 0 aromatic heterocycles. The van der Waals surface area contributed by atoms with E-state index in [1.165, 1.54) is 6.07 Å². The van der Waals surface area contributed by atoms with Gasteiger partial charge in [0.15, 0.2) is 11.6 Å². The first-order valence-electron chi connectivity index (χ1n) is 4.84. The second-order valence-electron chi connectivity index (χ2n) is 3.57. The zero-order chi connectivity index (χ0) is 11.7. The third-order valence-corrected chi connectivity index (χ3v) is 2.78. The highest BCUT2D eigenvalue weighted by Crippen LogP contribution is 2.28. The Hall–Kier alpha value is -1.42. The summed E-state index contributed by atoms with van der Waals surface area (Å²) in [4.78, 5) is 22.5. The number of hydrogen-bond donors (Lipinski definition) is 1. The first kappa shape index (κ1) is 11.1. The van der Waals surface area contributed by atoms with E-state index >= 15 is 0 Å². The van der Waals surface area contributed by atoms with Crippen LogP contribution in [0.5, 0.6) is 0 Å². The van der Waals surface area contributed by atoms with Gasteiger partial charge >= 0.3 is 0 Å². The van der Waals surface area contributed by atoms with E-state index < -0.39 is 11.6 Å². The van der Waals surface area contributed by atoms with Crippen molar-refractivity contribution in [1.82, 2.24) is 0 Å². The highest BCUT2D eigenvalue weighted by Gasteiger charge is 2.22. The Bertz CT molecular complexity index is 473. The van der Waals surface area contributed by atoms with Gasteiger partial charge in [-0.05, 0) is 18.1 Å². The summed E-state index contributed by atoms with van der Waals surface area (Å²) in [5.41, 5.74) is 0.756. The van der Waals surface area contributed by atoms with Gasteiger partial charge in [0.25, 0.3) is 0 Å². The van der Waals surface area contributed by atoms with E-state index in [0.717, 1.165) is 0 Å². The van der Waals surface area contributed by atoms with Crippen LogP contribution in [0.1, 0.15) is 22.3 Å². The average Bonchev–Trinajstić information content (AvgIpc) is 2.29. The number of halogens is 2. The predicted molar refractivity (Wildman–Crippen MR) is 58.4 cm³/mol. The van der Waals surface area contributed by atoms with Gasteiger partial charge in [-0.25, -0.2) is 4.39 Å².